The Hall–Kier alpha value is -2.08. The SMILES string of the molecule is C=C/C=C\C(=C/C=C)C(C)(C=C)c1ccccc1. The molecule has 0 heterocycles. The lowest BCUT2D eigenvalue weighted by Gasteiger charge is -2.28. The summed E-state index contributed by atoms with van der Waals surface area (Å²) in [4.78, 5) is 0. The van der Waals surface area contributed by atoms with E-state index in [-0.39, 0.29) is 5.41 Å². The maximum absolute atomic E-state index is 3.99. The summed E-state index contributed by atoms with van der Waals surface area (Å²) >= 11 is 0. The summed E-state index contributed by atoms with van der Waals surface area (Å²) in [6, 6.07) is 10.3. The van der Waals surface area contributed by atoms with Crippen molar-refractivity contribution in [2.24, 2.45) is 0 Å². The molecule has 92 valence electrons. The molecule has 0 spiro atoms. The molecule has 0 aliphatic carbocycles. The molecule has 0 aromatic heterocycles. The number of benzene rings is 1. The number of hydrogen-bond acceptors (Lipinski definition) is 0. The molecule has 0 fully saturated rings. The topological polar surface area (TPSA) is 0 Å². The number of hydrogen-bond donors (Lipinski definition) is 0. The van der Waals surface area contributed by atoms with Crippen LogP contribution in [0.3, 0.4) is 0 Å². The van der Waals surface area contributed by atoms with Crippen LogP contribution in [0, 0.1) is 0 Å². The molecule has 0 saturated carbocycles. The molecular formula is C18H20. The lowest BCUT2D eigenvalue weighted by molar-refractivity contribution is 0.724. The molecular weight excluding hydrogens is 216 g/mol. The minimum Gasteiger partial charge on any atom is -0.102 e. The summed E-state index contributed by atoms with van der Waals surface area (Å²) in [5.74, 6) is 0. The highest BCUT2D eigenvalue weighted by Gasteiger charge is 2.25. The van der Waals surface area contributed by atoms with Crippen molar-refractivity contribution in [3.8, 4) is 0 Å². The third kappa shape index (κ3) is 2.98. The Bertz CT molecular complexity index is 474. The van der Waals surface area contributed by atoms with Crippen molar-refractivity contribution in [3.63, 3.8) is 0 Å². The van der Waals surface area contributed by atoms with Crippen LogP contribution >= 0.6 is 0 Å². The van der Waals surface area contributed by atoms with Gasteiger partial charge in [0.2, 0.25) is 0 Å². The van der Waals surface area contributed by atoms with E-state index in [4.69, 9.17) is 0 Å². The molecule has 0 N–H and O–H groups in total. The summed E-state index contributed by atoms with van der Waals surface area (Å²) in [5, 5.41) is 0. The molecule has 0 heteroatoms. The Labute approximate surface area is 110 Å². The molecule has 0 aliphatic heterocycles. The monoisotopic (exact) mass is 236 g/mol. The third-order valence-electron chi connectivity index (χ3n) is 3.09. The molecule has 1 atom stereocenters. The standard InChI is InChI=1S/C18H20/c1-5-8-13-16(12-6-2)18(4,7-3)17-14-10-9-11-15-17/h5-15H,1-3H2,4H3/b13-8-,16-12+. The van der Waals surface area contributed by atoms with Crippen molar-refractivity contribution >= 4 is 0 Å². The average molecular weight is 236 g/mol. The smallest absolute Gasteiger partial charge is 0.0351 e. The van der Waals surface area contributed by atoms with Crippen LogP contribution in [0.1, 0.15) is 12.5 Å². The molecule has 0 bridgehead atoms. The van der Waals surface area contributed by atoms with Gasteiger partial charge >= 0.3 is 0 Å². The molecule has 1 aromatic rings. The van der Waals surface area contributed by atoms with E-state index in [1.54, 1.807) is 12.2 Å². The van der Waals surface area contributed by atoms with Crippen LogP contribution in [0.15, 0.2) is 92.1 Å². The fraction of sp³-hybridized carbons (Fsp3) is 0.111. The first kappa shape index (κ1) is 14.0. The molecule has 0 amide bonds. The van der Waals surface area contributed by atoms with Crippen LogP contribution < -0.4 is 0 Å². The zero-order chi connectivity index (χ0) is 13.4. The normalized spacial score (nSPS) is 15.1. The Morgan fingerprint density at radius 2 is 1.72 bits per heavy atom. The van der Waals surface area contributed by atoms with Crippen LogP contribution in [0.4, 0.5) is 0 Å². The Kier molecular flexibility index (Phi) is 5.13. The van der Waals surface area contributed by atoms with Gasteiger partial charge in [-0.15, -0.1) is 6.58 Å². The summed E-state index contributed by atoms with van der Waals surface area (Å²) in [6.07, 6.45) is 11.5. The first-order valence-corrected chi connectivity index (χ1v) is 6.00. The Morgan fingerprint density at radius 1 is 1.06 bits per heavy atom. The van der Waals surface area contributed by atoms with Crippen molar-refractivity contribution < 1.29 is 0 Å². The molecule has 0 nitrogen and oxygen atoms in total. The van der Waals surface area contributed by atoms with Gasteiger partial charge in [-0.05, 0) is 18.1 Å². The first-order valence-electron chi connectivity index (χ1n) is 6.00. The van der Waals surface area contributed by atoms with E-state index in [2.05, 4.69) is 38.8 Å². The summed E-state index contributed by atoms with van der Waals surface area (Å²) in [7, 11) is 0. The second-order valence-corrected chi connectivity index (χ2v) is 4.23. The van der Waals surface area contributed by atoms with Gasteiger partial charge in [-0.3, -0.25) is 0 Å². The zero-order valence-corrected chi connectivity index (χ0v) is 11.0. The highest BCUT2D eigenvalue weighted by atomic mass is 14.3. The summed E-state index contributed by atoms with van der Waals surface area (Å²) < 4.78 is 0. The van der Waals surface area contributed by atoms with Crippen molar-refractivity contribution in [2.45, 2.75) is 12.3 Å². The van der Waals surface area contributed by atoms with E-state index < -0.39 is 0 Å². The van der Waals surface area contributed by atoms with Crippen molar-refractivity contribution in [1.82, 2.24) is 0 Å². The van der Waals surface area contributed by atoms with Crippen molar-refractivity contribution in [3.05, 3.63) is 97.7 Å². The molecule has 1 rings (SSSR count). The second kappa shape index (κ2) is 6.61. The number of rotatable bonds is 6. The van der Waals surface area contributed by atoms with Gasteiger partial charge < -0.3 is 0 Å². The largest absolute Gasteiger partial charge is 0.102 e. The molecule has 0 saturated heterocycles. The summed E-state index contributed by atoms with van der Waals surface area (Å²) in [6.45, 7) is 13.6. The fourth-order valence-corrected chi connectivity index (χ4v) is 1.89. The molecule has 1 aromatic carbocycles. The molecule has 0 aliphatic rings. The third-order valence-corrected chi connectivity index (χ3v) is 3.09. The highest BCUT2D eigenvalue weighted by molar-refractivity contribution is 5.46. The van der Waals surface area contributed by atoms with E-state index in [1.807, 2.05) is 42.5 Å². The fourth-order valence-electron chi connectivity index (χ4n) is 1.89. The Morgan fingerprint density at radius 3 is 2.22 bits per heavy atom. The number of allylic oxidation sites excluding steroid dienone is 7. The van der Waals surface area contributed by atoms with Crippen LogP contribution in [-0.2, 0) is 5.41 Å². The van der Waals surface area contributed by atoms with Gasteiger partial charge in [0.25, 0.3) is 0 Å². The first-order chi connectivity index (χ1) is 8.69. The summed E-state index contributed by atoms with van der Waals surface area (Å²) in [5.41, 5.74) is 2.12. The second-order valence-electron chi connectivity index (χ2n) is 4.23. The van der Waals surface area contributed by atoms with E-state index in [9.17, 15) is 0 Å². The van der Waals surface area contributed by atoms with Crippen LogP contribution in [-0.4, -0.2) is 0 Å². The highest BCUT2D eigenvalue weighted by Crippen LogP contribution is 2.33. The van der Waals surface area contributed by atoms with Gasteiger partial charge in [-0.25, -0.2) is 0 Å². The average Bonchev–Trinajstić information content (AvgIpc) is 2.43. The van der Waals surface area contributed by atoms with Gasteiger partial charge in [-0.1, -0.05) is 79.9 Å². The minimum atomic E-state index is -0.227. The van der Waals surface area contributed by atoms with E-state index in [0.29, 0.717) is 0 Å². The van der Waals surface area contributed by atoms with E-state index >= 15 is 0 Å². The predicted octanol–water partition coefficient (Wildman–Crippen LogP) is 4.98. The van der Waals surface area contributed by atoms with Gasteiger partial charge in [0.1, 0.15) is 0 Å². The molecule has 0 radical (unpaired) electrons. The quantitative estimate of drug-likeness (QED) is 0.482. The predicted molar refractivity (Wildman–Crippen MR) is 81.6 cm³/mol. The van der Waals surface area contributed by atoms with Crippen molar-refractivity contribution in [1.29, 1.82) is 0 Å². The van der Waals surface area contributed by atoms with Gasteiger partial charge in [-0.2, -0.15) is 0 Å². The van der Waals surface area contributed by atoms with Gasteiger partial charge in [0.15, 0.2) is 0 Å². The van der Waals surface area contributed by atoms with Crippen LogP contribution in [0.25, 0.3) is 0 Å². The molecule has 18 heavy (non-hydrogen) atoms. The maximum Gasteiger partial charge on any atom is 0.0351 e. The molecule has 1 unspecified atom stereocenters. The van der Waals surface area contributed by atoms with E-state index in [1.165, 1.54) is 5.56 Å². The van der Waals surface area contributed by atoms with Gasteiger partial charge in [0, 0.05) is 5.41 Å². The van der Waals surface area contributed by atoms with E-state index in [0.717, 1.165) is 5.57 Å². The van der Waals surface area contributed by atoms with Gasteiger partial charge in [0.05, 0.1) is 0 Å². The minimum absolute atomic E-state index is 0.227. The Balaban J connectivity index is 3.32. The lowest BCUT2D eigenvalue weighted by Crippen LogP contribution is -2.20. The maximum atomic E-state index is 3.99. The van der Waals surface area contributed by atoms with Crippen molar-refractivity contribution in [2.75, 3.05) is 0 Å². The lowest BCUT2D eigenvalue weighted by atomic mass is 9.75. The van der Waals surface area contributed by atoms with Crippen LogP contribution in [0.5, 0.6) is 0 Å². The zero-order valence-electron chi connectivity index (χ0n) is 11.0. The van der Waals surface area contributed by atoms with Crippen LogP contribution in [0.2, 0.25) is 0 Å².